The Morgan fingerprint density at radius 2 is 1.81 bits per heavy atom. The molecule has 7 heteroatoms. The van der Waals surface area contributed by atoms with Crippen molar-refractivity contribution in [2.75, 3.05) is 5.32 Å². The zero-order chi connectivity index (χ0) is 21.8. The van der Waals surface area contributed by atoms with Gasteiger partial charge in [-0.2, -0.15) is 5.10 Å². The lowest BCUT2D eigenvalue weighted by molar-refractivity contribution is -0.120. The predicted octanol–water partition coefficient (Wildman–Crippen LogP) is 5.00. The van der Waals surface area contributed by atoms with Crippen LogP contribution < -0.4 is 10.7 Å². The van der Waals surface area contributed by atoms with Gasteiger partial charge in [0, 0.05) is 27.7 Å². The van der Waals surface area contributed by atoms with Gasteiger partial charge in [-0.25, -0.2) is 5.43 Å². The van der Waals surface area contributed by atoms with Gasteiger partial charge in [0.1, 0.15) is 5.76 Å². The summed E-state index contributed by atoms with van der Waals surface area (Å²) in [7, 11) is 0. The zero-order valence-electron chi connectivity index (χ0n) is 17.1. The summed E-state index contributed by atoms with van der Waals surface area (Å²) in [6, 6.07) is 16.9. The first-order valence-electron chi connectivity index (χ1n) is 10.1. The SMILES string of the molecule is Cc1c(C(=O)Nc2ccc(Br)cc2)oc2c1/C(=N/NC(=O)Cc1ccccc1)CCC2. The van der Waals surface area contributed by atoms with Crippen molar-refractivity contribution in [3.63, 3.8) is 0 Å². The fraction of sp³-hybridized carbons (Fsp3) is 0.208. The summed E-state index contributed by atoms with van der Waals surface area (Å²) >= 11 is 3.38. The summed E-state index contributed by atoms with van der Waals surface area (Å²) in [6.07, 6.45) is 2.56. The number of benzene rings is 2. The smallest absolute Gasteiger partial charge is 0.291 e. The summed E-state index contributed by atoms with van der Waals surface area (Å²) in [6.45, 7) is 1.85. The van der Waals surface area contributed by atoms with E-state index in [4.69, 9.17) is 4.42 Å². The molecule has 0 fully saturated rings. The van der Waals surface area contributed by atoms with Crippen molar-refractivity contribution < 1.29 is 14.0 Å². The van der Waals surface area contributed by atoms with E-state index in [1.807, 2.05) is 61.5 Å². The molecule has 2 amide bonds. The number of hydrogen-bond acceptors (Lipinski definition) is 4. The average molecular weight is 480 g/mol. The molecule has 0 spiro atoms. The number of aryl methyl sites for hydroxylation is 1. The number of furan rings is 1. The molecule has 1 aliphatic rings. The summed E-state index contributed by atoms with van der Waals surface area (Å²) in [5.74, 6) is 0.528. The van der Waals surface area contributed by atoms with Gasteiger partial charge >= 0.3 is 0 Å². The predicted molar refractivity (Wildman–Crippen MR) is 123 cm³/mol. The molecule has 0 radical (unpaired) electrons. The van der Waals surface area contributed by atoms with Gasteiger partial charge in [0.15, 0.2) is 5.76 Å². The van der Waals surface area contributed by atoms with Crippen LogP contribution in [0.1, 0.15) is 45.8 Å². The van der Waals surface area contributed by atoms with Crippen LogP contribution in [0.2, 0.25) is 0 Å². The quantitative estimate of drug-likeness (QED) is 0.504. The van der Waals surface area contributed by atoms with Gasteiger partial charge < -0.3 is 9.73 Å². The number of hydrogen-bond donors (Lipinski definition) is 2. The molecule has 0 atom stereocenters. The van der Waals surface area contributed by atoms with Crippen LogP contribution in [0, 0.1) is 6.92 Å². The van der Waals surface area contributed by atoms with Crippen LogP contribution >= 0.6 is 15.9 Å². The van der Waals surface area contributed by atoms with E-state index in [1.165, 1.54) is 0 Å². The Labute approximate surface area is 188 Å². The molecular weight excluding hydrogens is 458 g/mol. The highest BCUT2D eigenvalue weighted by Gasteiger charge is 2.28. The number of carbonyl (C=O) groups is 2. The third-order valence-corrected chi connectivity index (χ3v) is 5.69. The number of anilines is 1. The van der Waals surface area contributed by atoms with E-state index < -0.39 is 0 Å². The lowest BCUT2D eigenvalue weighted by Crippen LogP contribution is -2.23. The molecule has 1 aliphatic carbocycles. The Morgan fingerprint density at radius 3 is 2.55 bits per heavy atom. The zero-order valence-corrected chi connectivity index (χ0v) is 18.7. The number of rotatable bonds is 5. The minimum absolute atomic E-state index is 0.180. The molecular formula is C24H22BrN3O3. The van der Waals surface area contributed by atoms with E-state index in [9.17, 15) is 9.59 Å². The highest BCUT2D eigenvalue weighted by Crippen LogP contribution is 2.30. The summed E-state index contributed by atoms with van der Waals surface area (Å²) in [5, 5.41) is 7.23. The highest BCUT2D eigenvalue weighted by molar-refractivity contribution is 9.10. The van der Waals surface area contributed by atoms with Crippen molar-refractivity contribution >= 4 is 39.1 Å². The second-order valence-electron chi connectivity index (χ2n) is 7.42. The van der Waals surface area contributed by atoms with E-state index in [0.717, 1.165) is 45.5 Å². The van der Waals surface area contributed by atoms with Gasteiger partial charge in [-0.3, -0.25) is 9.59 Å². The van der Waals surface area contributed by atoms with Gasteiger partial charge in [0.25, 0.3) is 5.91 Å². The summed E-state index contributed by atoms with van der Waals surface area (Å²) in [4.78, 5) is 25.1. The fourth-order valence-electron chi connectivity index (χ4n) is 3.67. The minimum atomic E-state index is -0.304. The third kappa shape index (κ3) is 4.94. The van der Waals surface area contributed by atoms with Crippen molar-refractivity contribution in [2.24, 2.45) is 5.10 Å². The van der Waals surface area contributed by atoms with Crippen molar-refractivity contribution in [2.45, 2.75) is 32.6 Å². The lowest BCUT2D eigenvalue weighted by atomic mass is 9.93. The maximum Gasteiger partial charge on any atom is 0.291 e. The number of nitrogens with zero attached hydrogens (tertiary/aromatic N) is 1. The molecule has 158 valence electrons. The van der Waals surface area contributed by atoms with Crippen LogP contribution in [0.15, 0.2) is 68.6 Å². The van der Waals surface area contributed by atoms with Crippen molar-refractivity contribution in [3.8, 4) is 0 Å². The lowest BCUT2D eigenvalue weighted by Gasteiger charge is -2.13. The van der Waals surface area contributed by atoms with Crippen molar-refractivity contribution in [1.82, 2.24) is 5.43 Å². The maximum atomic E-state index is 12.8. The first-order chi connectivity index (χ1) is 15.0. The molecule has 0 saturated carbocycles. The first kappa shape index (κ1) is 21.1. The number of nitrogens with one attached hydrogen (secondary N) is 2. The van der Waals surface area contributed by atoms with Crippen molar-refractivity contribution in [3.05, 3.63) is 87.3 Å². The Morgan fingerprint density at radius 1 is 1.06 bits per heavy atom. The molecule has 1 heterocycles. The molecule has 31 heavy (non-hydrogen) atoms. The number of carbonyl (C=O) groups excluding carboxylic acids is 2. The number of amides is 2. The number of fused-ring (bicyclic) bond motifs is 1. The number of hydrazone groups is 1. The molecule has 4 rings (SSSR count). The molecule has 1 aromatic heterocycles. The van der Waals surface area contributed by atoms with E-state index in [0.29, 0.717) is 12.1 Å². The van der Waals surface area contributed by atoms with Gasteiger partial charge in [0.2, 0.25) is 5.91 Å². The van der Waals surface area contributed by atoms with E-state index in [2.05, 4.69) is 31.8 Å². The number of halogens is 1. The molecule has 3 aromatic rings. The topological polar surface area (TPSA) is 83.7 Å². The molecule has 2 aromatic carbocycles. The molecule has 0 aliphatic heterocycles. The van der Waals surface area contributed by atoms with Crippen LogP contribution in [0.5, 0.6) is 0 Å². The largest absolute Gasteiger partial charge is 0.455 e. The van der Waals surface area contributed by atoms with Gasteiger partial charge in [-0.1, -0.05) is 46.3 Å². The second-order valence-corrected chi connectivity index (χ2v) is 8.34. The molecule has 0 unspecified atom stereocenters. The summed E-state index contributed by atoms with van der Waals surface area (Å²) < 4.78 is 6.85. The van der Waals surface area contributed by atoms with Gasteiger partial charge in [-0.05, 0) is 49.6 Å². The monoisotopic (exact) mass is 479 g/mol. The van der Waals surface area contributed by atoms with Crippen molar-refractivity contribution in [1.29, 1.82) is 0 Å². The van der Waals surface area contributed by atoms with E-state index in [1.54, 1.807) is 0 Å². The van der Waals surface area contributed by atoms with E-state index in [-0.39, 0.29) is 24.0 Å². The second kappa shape index (κ2) is 9.31. The Bertz CT molecular complexity index is 1130. The Kier molecular flexibility index (Phi) is 6.32. The van der Waals surface area contributed by atoms with Crippen LogP contribution in [-0.2, 0) is 17.6 Å². The molecule has 6 nitrogen and oxygen atoms in total. The molecule has 0 bridgehead atoms. The molecule has 0 saturated heterocycles. The van der Waals surface area contributed by atoms with Crippen LogP contribution in [0.4, 0.5) is 5.69 Å². The van der Waals surface area contributed by atoms with Crippen LogP contribution in [0.25, 0.3) is 0 Å². The standard InChI is InChI=1S/C24H22BrN3O3/c1-15-22-19(27-28-21(29)14-16-6-3-2-4-7-16)8-5-9-20(22)31-23(15)24(30)26-18-12-10-17(25)11-13-18/h2-4,6-7,10-13H,5,8-9,14H2,1H3,(H,26,30)(H,28,29)/b27-19+. The third-order valence-electron chi connectivity index (χ3n) is 5.16. The normalized spacial score (nSPS) is 14.2. The molecule has 2 N–H and O–H groups in total. The van der Waals surface area contributed by atoms with Crippen LogP contribution in [0.3, 0.4) is 0 Å². The Balaban J connectivity index is 1.51. The average Bonchev–Trinajstić information content (AvgIpc) is 3.12. The minimum Gasteiger partial charge on any atom is -0.455 e. The highest BCUT2D eigenvalue weighted by atomic mass is 79.9. The summed E-state index contributed by atoms with van der Waals surface area (Å²) in [5.41, 5.74) is 6.57. The van der Waals surface area contributed by atoms with Crippen LogP contribution in [-0.4, -0.2) is 17.5 Å². The van der Waals surface area contributed by atoms with Gasteiger partial charge in [0.05, 0.1) is 12.1 Å². The Hall–Kier alpha value is -3.19. The first-order valence-corrected chi connectivity index (χ1v) is 10.9. The van der Waals surface area contributed by atoms with E-state index >= 15 is 0 Å². The maximum absolute atomic E-state index is 12.8. The fourth-order valence-corrected chi connectivity index (χ4v) is 3.93. The van der Waals surface area contributed by atoms with Gasteiger partial charge in [-0.15, -0.1) is 0 Å².